The minimum Gasteiger partial charge on any atom is -0.444 e. The van der Waals surface area contributed by atoms with Crippen LogP contribution >= 0.6 is 27.5 Å². The van der Waals surface area contributed by atoms with Crippen molar-refractivity contribution in [3.05, 3.63) is 27.7 Å². The third-order valence-corrected chi connectivity index (χ3v) is 4.33. The van der Waals surface area contributed by atoms with Crippen molar-refractivity contribution < 1.29 is 9.53 Å². The molecule has 0 radical (unpaired) electrons. The first-order valence-corrected chi connectivity index (χ1v) is 8.61. The normalized spacial score (nSPS) is 16.5. The van der Waals surface area contributed by atoms with Gasteiger partial charge in [-0.3, -0.25) is 0 Å². The summed E-state index contributed by atoms with van der Waals surface area (Å²) < 4.78 is 6.36. The van der Waals surface area contributed by atoms with E-state index in [9.17, 15) is 4.79 Å². The molecule has 6 heteroatoms. The molecule has 1 amide bonds. The molecule has 122 valence electrons. The molecule has 1 heterocycles. The summed E-state index contributed by atoms with van der Waals surface area (Å²) in [6.45, 7) is 7.07. The third-order valence-electron chi connectivity index (χ3n) is 3.44. The van der Waals surface area contributed by atoms with Crippen molar-refractivity contribution >= 4 is 39.3 Å². The van der Waals surface area contributed by atoms with Crippen molar-refractivity contribution in [2.24, 2.45) is 0 Å². The molecule has 0 saturated carbocycles. The number of halogens is 2. The lowest BCUT2D eigenvalue weighted by Gasteiger charge is -2.34. The van der Waals surface area contributed by atoms with Gasteiger partial charge >= 0.3 is 6.09 Å². The number of carbonyl (C=O) groups is 1. The molecule has 1 N–H and O–H groups in total. The molecule has 0 atom stereocenters. The third kappa shape index (κ3) is 5.06. The van der Waals surface area contributed by atoms with Gasteiger partial charge in [0.25, 0.3) is 0 Å². The van der Waals surface area contributed by atoms with Crippen LogP contribution in [0.15, 0.2) is 22.7 Å². The molecule has 1 aliphatic heterocycles. The van der Waals surface area contributed by atoms with Gasteiger partial charge in [-0.1, -0.05) is 11.6 Å². The minimum absolute atomic E-state index is 0.223. The molecule has 1 aromatic carbocycles. The quantitative estimate of drug-likeness (QED) is 0.781. The van der Waals surface area contributed by atoms with Gasteiger partial charge in [0.15, 0.2) is 0 Å². The summed E-state index contributed by atoms with van der Waals surface area (Å²) in [4.78, 5) is 13.8. The SMILES string of the molecule is CC(C)(C)OC(=O)N1CCC(Nc2ccc(Cl)cc2Br)CC1. The van der Waals surface area contributed by atoms with Gasteiger partial charge in [0.05, 0.1) is 0 Å². The molecule has 0 aliphatic carbocycles. The molecule has 1 aromatic rings. The summed E-state index contributed by atoms with van der Waals surface area (Å²) >= 11 is 9.46. The van der Waals surface area contributed by atoms with Crippen LogP contribution in [0.2, 0.25) is 5.02 Å². The van der Waals surface area contributed by atoms with Crippen LogP contribution in [-0.4, -0.2) is 35.7 Å². The number of ether oxygens (including phenoxy) is 1. The molecule has 1 fully saturated rings. The van der Waals surface area contributed by atoms with E-state index in [0.29, 0.717) is 24.2 Å². The lowest BCUT2D eigenvalue weighted by Crippen LogP contribution is -2.44. The van der Waals surface area contributed by atoms with Crippen LogP contribution in [0.3, 0.4) is 0 Å². The second kappa shape index (κ2) is 7.09. The van der Waals surface area contributed by atoms with Gasteiger partial charge in [-0.05, 0) is 67.7 Å². The highest BCUT2D eigenvalue weighted by Crippen LogP contribution is 2.28. The molecule has 22 heavy (non-hydrogen) atoms. The van der Waals surface area contributed by atoms with E-state index in [-0.39, 0.29) is 6.09 Å². The maximum Gasteiger partial charge on any atom is 0.410 e. The lowest BCUT2D eigenvalue weighted by atomic mass is 10.0. The highest BCUT2D eigenvalue weighted by Gasteiger charge is 2.26. The van der Waals surface area contributed by atoms with E-state index in [1.165, 1.54) is 0 Å². The van der Waals surface area contributed by atoms with Crippen LogP contribution < -0.4 is 5.32 Å². The lowest BCUT2D eigenvalue weighted by molar-refractivity contribution is 0.0210. The van der Waals surface area contributed by atoms with Crippen LogP contribution in [0, 0.1) is 0 Å². The highest BCUT2D eigenvalue weighted by molar-refractivity contribution is 9.10. The highest BCUT2D eigenvalue weighted by atomic mass is 79.9. The zero-order valence-electron chi connectivity index (χ0n) is 13.2. The number of likely N-dealkylation sites (tertiary alicyclic amines) is 1. The zero-order valence-corrected chi connectivity index (χ0v) is 15.5. The Balaban J connectivity index is 1.86. The number of anilines is 1. The van der Waals surface area contributed by atoms with Crippen LogP contribution in [0.1, 0.15) is 33.6 Å². The van der Waals surface area contributed by atoms with Crippen molar-refractivity contribution in [2.45, 2.75) is 45.3 Å². The number of rotatable bonds is 2. The fourth-order valence-corrected chi connectivity index (χ4v) is 3.16. The van der Waals surface area contributed by atoms with E-state index in [1.807, 2.05) is 39.0 Å². The summed E-state index contributed by atoms with van der Waals surface area (Å²) in [5, 5.41) is 4.21. The Morgan fingerprint density at radius 1 is 1.36 bits per heavy atom. The average molecular weight is 390 g/mol. The summed E-state index contributed by atoms with van der Waals surface area (Å²) in [6.07, 6.45) is 1.57. The molecule has 0 bridgehead atoms. The van der Waals surface area contributed by atoms with E-state index in [1.54, 1.807) is 4.90 Å². The van der Waals surface area contributed by atoms with Gasteiger partial charge < -0.3 is 15.0 Å². The largest absolute Gasteiger partial charge is 0.444 e. The van der Waals surface area contributed by atoms with E-state index < -0.39 is 5.60 Å². The number of piperidine rings is 1. The number of nitrogens with one attached hydrogen (secondary N) is 1. The van der Waals surface area contributed by atoms with Crippen molar-refractivity contribution in [2.75, 3.05) is 18.4 Å². The molecule has 4 nitrogen and oxygen atoms in total. The number of carbonyl (C=O) groups excluding carboxylic acids is 1. The summed E-state index contributed by atoms with van der Waals surface area (Å²) in [6, 6.07) is 6.05. The van der Waals surface area contributed by atoms with Gasteiger partial charge in [0, 0.05) is 34.3 Å². The molecule has 0 unspecified atom stereocenters. The van der Waals surface area contributed by atoms with E-state index >= 15 is 0 Å². The number of nitrogens with zero attached hydrogens (tertiary/aromatic N) is 1. The van der Waals surface area contributed by atoms with Crippen LogP contribution in [-0.2, 0) is 4.74 Å². The predicted octanol–water partition coefficient (Wildman–Crippen LogP) is 4.91. The van der Waals surface area contributed by atoms with E-state index in [4.69, 9.17) is 16.3 Å². The zero-order chi connectivity index (χ0) is 16.3. The Bertz CT molecular complexity index is 537. The Kier molecular flexibility index (Phi) is 5.61. The molecule has 0 spiro atoms. The Hall–Kier alpha value is -0.940. The maximum atomic E-state index is 12.0. The van der Waals surface area contributed by atoms with Crippen molar-refractivity contribution in [3.8, 4) is 0 Å². The first-order chi connectivity index (χ1) is 10.2. The van der Waals surface area contributed by atoms with Gasteiger partial charge in [0.1, 0.15) is 5.60 Å². The van der Waals surface area contributed by atoms with Crippen molar-refractivity contribution in [1.29, 1.82) is 0 Å². The van der Waals surface area contributed by atoms with E-state index in [0.717, 1.165) is 23.0 Å². The Labute approximate surface area is 145 Å². The van der Waals surface area contributed by atoms with Crippen molar-refractivity contribution in [3.63, 3.8) is 0 Å². The second-order valence-electron chi connectivity index (χ2n) is 6.51. The predicted molar refractivity (Wildman–Crippen MR) is 93.6 cm³/mol. The molecule has 1 aliphatic rings. The van der Waals surface area contributed by atoms with Crippen molar-refractivity contribution in [1.82, 2.24) is 4.90 Å². The monoisotopic (exact) mass is 388 g/mol. The first-order valence-electron chi connectivity index (χ1n) is 7.44. The minimum atomic E-state index is -0.444. The fourth-order valence-electron chi connectivity index (χ4n) is 2.36. The molecule has 2 rings (SSSR count). The maximum absolute atomic E-state index is 12.0. The standard InChI is InChI=1S/C16H22BrClN2O2/c1-16(2,3)22-15(21)20-8-6-12(7-9-20)19-14-5-4-11(18)10-13(14)17/h4-5,10,12,19H,6-9H2,1-3H3. The van der Waals surface area contributed by atoms with E-state index in [2.05, 4.69) is 21.2 Å². The molecular weight excluding hydrogens is 368 g/mol. The van der Waals surface area contributed by atoms with Gasteiger partial charge in [0.2, 0.25) is 0 Å². The number of benzene rings is 1. The molecular formula is C16H22BrClN2O2. The Morgan fingerprint density at radius 2 is 2.00 bits per heavy atom. The number of amides is 1. The van der Waals surface area contributed by atoms with Crippen LogP contribution in [0.5, 0.6) is 0 Å². The van der Waals surface area contributed by atoms with Gasteiger partial charge in [-0.25, -0.2) is 4.79 Å². The summed E-state index contributed by atoms with van der Waals surface area (Å²) in [5.41, 5.74) is 0.584. The molecule has 1 saturated heterocycles. The second-order valence-corrected chi connectivity index (χ2v) is 7.80. The summed E-state index contributed by atoms with van der Waals surface area (Å²) in [7, 11) is 0. The summed E-state index contributed by atoms with van der Waals surface area (Å²) in [5.74, 6) is 0. The topological polar surface area (TPSA) is 41.6 Å². The average Bonchev–Trinajstić information content (AvgIpc) is 2.41. The first kappa shape index (κ1) is 17.4. The van der Waals surface area contributed by atoms with Gasteiger partial charge in [-0.2, -0.15) is 0 Å². The fraction of sp³-hybridized carbons (Fsp3) is 0.562. The van der Waals surface area contributed by atoms with Crippen LogP contribution in [0.4, 0.5) is 10.5 Å². The van der Waals surface area contributed by atoms with Gasteiger partial charge in [-0.15, -0.1) is 0 Å². The van der Waals surface area contributed by atoms with Crippen LogP contribution in [0.25, 0.3) is 0 Å². The molecule has 0 aromatic heterocycles. The Morgan fingerprint density at radius 3 is 2.55 bits per heavy atom. The smallest absolute Gasteiger partial charge is 0.410 e. The number of hydrogen-bond acceptors (Lipinski definition) is 3. The number of hydrogen-bond donors (Lipinski definition) is 1.